The molecule has 3 aromatic rings. The number of para-hydroxylation sites is 1. The molecule has 0 aliphatic carbocycles. The SMILES string of the molecule is COc1ccc(OCC(=O)N/N=C\c2c(C)[nH]n(-c3ccccc3)c2=O)cc1. The van der Waals surface area contributed by atoms with Gasteiger partial charge in [-0.05, 0) is 43.3 Å². The Labute approximate surface area is 161 Å². The molecule has 3 rings (SSSR count). The predicted octanol–water partition coefficient (Wildman–Crippen LogP) is 2.01. The molecule has 0 aliphatic heterocycles. The van der Waals surface area contributed by atoms with Crippen LogP contribution in [0.25, 0.3) is 5.69 Å². The van der Waals surface area contributed by atoms with Gasteiger partial charge in [0.1, 0.15) is 11.5 Å². The maximum atomic E-state index is 12.5. The Bertz CT molecular complexity index is 1020. The number of H-pyrrole nitrogens is 1. The molecule has 0 saturated heterocycles. The molecule has 1 heterocycles. The third kappa shape index (κ3) is 4.47. The average molecular weight is 380 g/mol. The molecule has 1 aromatic heterocycles. The Hall–Kier alpha value is -3.81. The summed E-state index contributed by atoms with van der Waals surface area (Å²) in [5.41, 5.74) is 3.81. The molecule has 8 nitrogen and oxygen atoms in total. The minimum absolute atomic E-state index is 0.204. The molecule has 144 valence electrons. The van der Waals surface area contributed by atoms with E-state index in [0.717, 1.165) is 0 Å². The summed E-state index contributed by atoms with van der Waals surface area (Å²) in [6.07, 6.45) is 1.32. The minimum Gasteiger partial charge on any atom is -0.497 e. The molecule has 2 N–H and O–H groups in total. The number of hydrazone groups is 1. The molecule has 8 heteroatoms. The molecule has 0 fully saturated rings. The molecule has 0 spiro atoms. The first kappa shape index (κ1) is 19.0. The van der Waals surface area contributed by atoms with Gasteiger partial charge in [-0.1, -0.05) is 18.2 Å². The zero-order chi connectivity index (χ0) is 19.9. The highest BCUT2D eigenvalue weighted by Crippen LogP contribution is 2.16. The number of nitrogens with zero attached hydrogens (tertiary/aromatic N) is 2. The summed E-state index contributed by atoms with van der Waals surface area (Å²) in [6, 6.07) is 16.1. The third-order valence-corrected chi connectivity index (χ3v) is 3.94. The molecule has 0 atom stereocenters. The number of carbonyl (C=O) groups is 1. The van der Waals surface area contributed by atoms with E-state index >= 15 is 0 Å². The van der Waals surface area contributed by atoms with Crippen molar-refractivity contribution in [2.45, 2.75) is 6.92 Å². The van der Waals surface area contributed by atoms with Crippen LogP contribution in [0.15, 0.2) is 64.5 Å². The fourth-order valence-electron chi connectivity index (χ4n) is 2.49. The fourth-order valence-corrected chi connectivity index (χ4v) is 2.49. The number of carbonyl (C=O) groups excluding carboxylic acids is 1. The Morgan fingerprint density at radius 3 is 2.50 bits per heavy atom. The summed E-state index contributed by atoms with van der Waals surface area (Å²) >= 11 is 0. The summed E-state index contributed by atoms with van der Waals surface area (Å²) in [5, 5.41) is 6.84. The first-order chi connectivity index (χ1) is 13.6. The number of rotatable bonds is 7. The van der Waals surface area contributed by atoms with Gasteiger partial charge in [-0.25, -0.2) is 10.1 Å². The number of methoxy groups -OCH3 is 1. The van der Waals surface area contributed by atoms with Crippen molar-refractivity contribution in [3.8, 4) is 17.2 Å². The molecule has 0 aliphatic rings. The highest BCUT2D eigenvalue weighted by atomic mass is 16.5. The van der Waals surface area contributed by atoms with Crippen LogP contribution in [0, 0.1) is 6.92 Å². The molecule has 0 bridgehead atoms. The number of hydrogen-bond donors (Lipinski definition) is 2. The van der Waals surface area contributed by atoms with Gasteiger partial charge in [0, 0.05) is 5.69 Å². The molecular formula is C20H20N4O4. The second kappa shape index (κ2) is 8.72. The number of benzene rings is 2. The van der Waals surface area contributed by atoms with Crippen LogP contribution in [0.3, 0.4) is 0 Å². The average Bonchev–Trinajstić information content (AvgIpc) is 3.01. The normalized spacial score (nSPS) is 10.8. The van der Waals surface area contributed by atoms with Crippen molar-refractivity contribution < 1.29 is 14.3 Å². The number of nitrogens with one attached hydrogen (secondary N) is 2. The maximum Gasteiger partial charge on any atom is 0.280 e. The van der Waals surface area contributed by atoms with Crippen molar-refractivity contribution in [2.24, 2.45) is 5.10 Å². The van der Waals surface area contributed by atoms with E-state index in [4.69, 9.17) is 9.47 Å². The number of aryl methyl sites for hydroxylation is 1. The van der Waals surface area contributed by atoms with Crippen molar-refractivity contribution in [3.05, 3.63) is 76.2 Å². The van der Waals surface area contributed by atoms with Crippen molar-refractivity contribution in [2.75, 3.05) is 13.7 Å². The fraction of sp³-hybridized carbons (Fsp3) is 0.150. The molecule has 0 unspecified atom stereocenters. The zero-order valence-corrected chi connectivity index (χ0v) is 15.5. The number of ether oxygens (including phenoxy) is 2. The standard InChI is InChI=1S/C20H20N4O4/c1-14-18(20(26)24(23-14)15-6-4-3-5-7-15)12-21-22-19(25)13-28-17-10-8-16(27-2)9-11-17/h3-12,23H,13H2,1-2H3,(H,22,25)/b21-12-. The van der Waals surface area contributed by atoms with Crippen LogP contribution < -0.4 is 20.5 Å². The van der Waals surface area contributed by atoms with Gasteiger partial charge in [-0.15, -0.1) is 0 Å². The van der Waals surface area contributed by atoms with Gasteiger partial charge in [0.25, 0.3) is 11.5 Å². The number of amides is 1. The number of aromatic nitrogens is 2. The molecular weight excluding hydrogens is 360 g/mol. The van der Waals surface area contributed by atoms with E-state index in [2.05, 4.69) is 15.6 Å². The van der Waals surface area contributed by atoms with Gasteiger partial charge in [0.2, 0.25) is 0 Å². The van der Waals surface area contributed by atoms with Gasteiger partial charge < -0.3 is 9.47 Å². The van der Waals surface area contributed by atoms with E-state index < -0.39 is 5.91 Å². The largest absolute Gasteiger partial charge is 0.497 e. The molecule has 0 radical (unpaired) electrons. The van der Waals surface area contributed by atoms with Gasteiger partial charge in [0.05, 0.1) is 24.6 Å². The first-order valence-corrected chi connectivity index (χ1v) is 8.54. The molecule has 28 heavy (non-hydrogen) atoms. The Morgan fingerprint density at radius 2 is 1.82 bits per heavy atom. The van der Waals surface area contributed by atoms with Crippen LogP contribution in [0.4, 0.5) is 0 Å². The van der Waals surface area contributed by atoms with Gasteiger partial charge in [0.15, 0.2) is 6.61 Å². The second-order valence-electron chi connectivity index (χ2n) is 5.88. The Morgan fingerprint density at radius 1 is 1.14 bits per heavy atom. The Kier molecular flexibility index (Phi) is 5.91. The quantitative estimate of drug-likeness (QED) is 0.484. The minimum atomic E-state index is -0.441. The van der Waals surface area contributed by atoms with Gasteiger partial charge >= 0.3 is 0 Å². The lowest BCUT2D eigenvalue weighted by Gasteiger charge is -2.05. The van der Waals surface area contributed by atoms with Crippen LogP contribution >= 0.6 is 0 Å². The Balaban J connectivity index is 1.59. The number of aromatic amines is 1. The van der Waals surface area contributed by atoms with Crippen molar-refractivity contribution in [3.63, 3.8) is 0 Å². The van der Waals surface area contributed by atoms with Crippen LogP contribution in [0.5, 0.6) is 11.5 Å². The second-order valence-corrected chi connectivity index (χ2v) is 5.88. The summed E-state index contributed by atoms with van der Waals surface area (Å²) in [5.74, 6) is 0.792. The topological polar surface area (TPSA) is 97.7 Å². The van der Waals surface area contributed by atoms with Crippen molar-refractivity contribution >= 4 is 12.1 Å². The predicted molar refractivity (Wildman–Crippen MR) is 105 cm³/mol. The van der Waals surface area contributed by atoms with E-state index in [1.54, 1.807) is 38.3 Å². The van der Waals surface area contributed by atoms with Crippen LogP contribution in [0.2, 0.25) is 0 Å². The van der Waals surface area contributed by atoms with Gasteiger partial charge in [-0.2, -0.15) is 5.10 Å². The third-order valence-electron chi connectivity index (χ3n) is 3.94. The maximum absolute atomic E-state index is 12.5. The van der Waals surface area contributed by atoms with E-state index in [1.165, 1.54) is 10.9 Å². The lowest BCUT2D eigenvalue weighted by Crippen LogP contribution is -2.25. The van der Waals surface area contributed by atoms with E-state index in [-0.39, 0.29) is 12.2 Å². The summed E-state index contributed by atoms with van der Waals surface area (Å²) < 4.78 is 11.8. The first-order valence-electron chi connectivity index (χ1n) is 8.54. The smallest absolute Gasteiger partial charge is 0.280 e. The van der Waals surface area contributed by atoms with E-state index in [1.807, 2.05) is 30.3 Å². The summed E-state index contributed by atoms with van der Waals surface area (Å²) in [4.78, 5) is 24.4. The van der Waals surface area contributed by atoms with Crippen molar-refractivity contribution in [1.29, 1.82) is 0 Å². The summed E-state index contributed by atoms with van der Waals surface area (Å²) in [7, 11) is 1.57. The molecule has 0 saturated carbocycles. The molecule has 2 aromatic carbocycles. The highest BCUT2D eigenvalue weighted by Gasteiger charge is 2.10. The summed E-state index contributed by atoms with van der Waals surface area (Å²) in [6.45, 7) is 1.56. The van der Waals surface area contributed by atoms with E-state index in [9.17, 15) is 9.59 Å². The van der Waals surface area contributed by atoms with Crippen LogP contribution in [-0.4, -0.2) is 35.6 Å². The van der Waals surface area contributed by atoms with Crippen LogP contribution in [0.1, 0.15) is 11.3 Å². The molecule has 1 amide bonds. The lowest BCUT2D eigenvalue weighted by molar-refractivity contribution is -0.123. The van der Waals surface area contributed by atoms with Crippen LogP contribution in [-0.2, 0) is 4.79 Å². The van der Waals surface area contributed by atoms with Gasteiger partial charge in [-0.3, -0.25) is 14.7 Å². The van der Waals surface area contributed by atoms with Crippen molar-refractivity contribution in [1.82, 2.24) is 15.2 Å². The van der Waals surface area contributed by atoms with E-state index in [0.29, 0.717) is 28.4 Å². The number of hydrogen-bond acceptors (Lipinski definition) is 5. The highest BCUT2D eigenvalue weighted by molar-refractivity contribution is 5.83. The lowest BCUT2D eigenvalue weighted by atomic mass is 10.3. The zero-order valence-electron chi connectivity index (χ0n) is 15.5. The monoisotopic (exact) mass is 380 g/mol.